The molecule has 1 heteroatoms. The average Bonchev–Trinajstić information content (AvgIpc) is 2.86. The first kappa shape index (κ1) is 20.9. The van der Waals surface area contributed by atoms with Crippen molar-refractivity contribution in [2.45, 2.75) is 26.2 Å². The van der Waals surface area contributed by atoms with Crippen LogP contribution in [0.1, 0.15) is 26.3 Å². The Kier molecular flexibility index (Phi) is 7.57. The quantitative estimate of drug-likeness (QED) is 0.293. The maximum absolute atomic E-state index is 2.25. The molecule has 0 unspecified atom stereocenters. The van der Waals surface area contributed by atoms with Crippen molar-refractivity contribution in [3.8, 4) is 11.1 Å². The Hall–Kier alpha value is -1.08. The first-order chi connectivity index (χ1) is 9.05. The average molecular weight is 456 g/mol. The van der Waals surface area contributed by atoms with Crippen molar-refractivity contribution >= 4 is 10.8 Å². The summed E-state index contributed by atoms with van der Waals surface area (Å²) in [6.07, 6.45) is 0. The molecule has 0 aromatic heterocycles. The van der Waals surface area contributed by atoms with Gasteiger partial charge in [-0.1, -0.05) is 56.7 Å². The van der Waals surface area contributed by atoms with E-state index in [1.54, 1.807) is 0 Å². The third-order valence-electron chi connectivity index (χ3n) is 3.74. The fraction of sp³-hybridized carbons (Fsp3) is 0.190. The van der Waals surface area contributed by atoms with Gasteiger partial charge in [0.15, 0.2) is 0 Å². The van der Waals surface area contributed by atoms with E-state index in [0.29, 0.717) is 0 Å². The fourth-order valence-electron chi connectivity index (χ4n) is 2.56. The van der Waals surface area contributed by atoms with Crippen LogP contribution in [0.4, 0.5) is 0 Å². The smallest absolute Gasteiger partial charge is 0 e. The van der Waals surface area contributed by atoms with E-state index in [2.05, 4.69) is 81.4 Å². The molecule has 0 nitrogen and oxygen atoms in total. The number of rotatable bonds is 1. The number of hydrogen-bond donors (Lipinski definition) is 0. The van der Waals surface area contributed by atoms with Gasteiger partial charge in [0.2, 0.25) is 0 Å². The van der Waals surface area contributed by atoms with E-state index in [-0.39, 0.29) is 46.1 Å². The van der Waals surface area contributed by atoms with Crippen LogP contribution >= 0.6 is 0 Å². The van der Waals surface area contributed by atoms with Gasteiger partial charge in [0.25, 0.3) is 0 Å². The largest absolute Gasteiger partial charge is 0.358 e. The van der Waals surface area contributed by atoms with E-state index in [1.165, 1.54) is 27.5 Å². The van der Waals surface area contributed by atoms with Crippen LogP contribution in [-0.4, -0.2) is 0 Å². The van der Waals surface area contributed by atoms with E-state index in [0.717, 1.165) is 0 Å². The standard InChI is InChI=1S/C19H19.2CH3.Hf/c1-19(2,3)16-12-10-15(11-13-16)18-9-5-7-14-6-4-8-17(14)18;;;/h4-13H,1-3H3;2*1H3;/q3*-1;. The summed E-state index contributed by atoms with van der Waals surface area (Å²) in [7, 11) is 0. The van der Waals surface area contributed by atoms with Crippen LogP contribution in [0.3, 0.4) is 0 Å². The molecule has 0 spiro atoms. The summed E-state index contributed by atoms with van der Waals surface area (Å²) in [4.78, 5) is 0. The molecule has 22 heavy (non-hydrogen) atoms. The van der Waals surface area contributed by atoms with Crippen LogP contribution in [0.15, 0.2) is 60.7 Å². The molecule has 3 rings (SSSR count). The topological polar surface area (TPSA) is 0 Å². The summed E-state index contributed by atoms with van der Waals surface area (Å²) < 4.78 is 0. The molecule has 0 bridgehead atoms. The van der Waals surface area contributed by atoms with Crippen LogP contribution in [0, 0.1) is 14.9 Å². The van der Waals surface area contributed by atoms with Crippen molar-refractivity contribution in [1.82, 2.24) is 0 Å². The van der Waals surface area contributed by atoms with Crippen molar-refractivity contribution in [3.63, 3.8) is 0 Å². The van der Waals surface area contributed by atoms with Gasteiger partial charge in [-0.2, -0.15) is 12.1 Å². The molecule has 0 fully saturated rings. The Morgan fingerprint density at radius 2 is 1.45 bits per heavy atom. The van der Waals surface area contributed by atoms with Gasteiger partial charge >= 0.3 is 0 Å². The van der Waals surface area contributed by atoms with Crippen molar-refractivity contribution < 1.29 is 25.8 Å². The third-order valence-corrected chi connectivity index (χ3v) is 3.74. The Morgan fingerprint density at radius 1 is 0.818 bits per heavy atom. The predicted octanol–water partition coefficient (Wildman–Crippen LogP) is 6.42. The molecule has 0 radical (unpaired) electrons. The van der Waals surface area contributed by atoms with E-state index in [1.807, 2.05) is 0 Å². The molecule has 0 atom stereocenters. The molecule has 0 amide bonds. The van der Waals surface area contributed by atoms with Gasteiger partial charge in [-0.15, -0.1) is 29.0 Å². The molecule has 116 valence electrons. The maximum Gasteiger partial charge on any atom is 0 e. The van der Waals surface area contributed by atoms with Crippen molar-refractivity contribution in [3.05, 3.63) is 81.1 Å². The van der Waals surface area contributed by atoms with E-state index in [9.17, 15) is 0 Å². The summed E-state index contributed by atoms with van der Waals surface area (Å²) in [5, 5.41) is 2.66. The molecule has 0 aliphatic heterocycles. The minimum absolute atomic E-state index is 0. The molecule has 3 aromatic rings. The van der Waals surface area contributed by atoms with Crippen molar-refractivity contribution in [2.75, 3.05) is 0 Å². The van der Waals surface area contributed by atoms with Crippen LogP contribution < -0.4 is 0 Å². The van der Waals surface area contributed by atoms with E-state index < -0.39 is 0 Å². The maximum atomic E-state index is 2.25. The minimum atomic E-state index is 0. The first-order valence-electron chi connectivity index (χ1n) is 6.81. The van der Waals surface area contributed by atoms with Crippen LogP contribution in [-0.2, 0) is 31.3 Å². The third kappa shape index (κ3) is 4.01. The molecule has 0 N–H and O–H groups in total. The Balaban J connectivity index is 0.00000147. The van der Waals surface area contributed by atoms with Crippen LogP contribution in [0.2, 0.25) is 0 Å². The minimum Gasteiger partial charge on any atom is -0.358 e. The summed E-state index contributed by atoms with van der Waals surface area (Å²) in [6.45, 7) is 6.75. The SMILES string of the molecule is CC(C)(C)c1ccc(-c2cccc3[cH-]ccc23)cc1.[CH3-].[CH3-].[Hf]. The van der Waals surface area contributed by atoms with Gasteiger partial charge in [0.05, 0.1) is 0 Å². The normalized spacial score (nSPS) is 10.3. The molecule has 0 saturated carbocycles. The molecular weight excluding hydrogens is 431 g/mol. The second-order valence-electron chi connectivity index (χ2n) is 6.16. The van der Waals surface area contributed by atoms with Crippen molar-refractivity contribution in [1.29, 1.82) is 0 Å². The molecular formula is C21H25Hf-3. The van der Waals surface area contributed by atoms with Gasteiger partial charge < -0.3 is 14.9 Å². The Labute approximate surface area is 154 Å². The second-order valence-corrected chi connectivity index (χ2v) is 6.16. The van der Waals surface area contributed by atoms with E-state index in [4.69, 9.17) is 0 Å². The molecule has 0 saturated heterocycles. The summed E-state index contributed by atoms with van der Waals surface area (Å²) in [5.41, 5.74) is 4.21. The number of fused-ring (bicyclic) bond motifs is 1. The van der Waals surface area contributed by atoms with Gasteiger partial charge in [-0.05, 0) is 16.5 Å². The molecule has 0 aliphatic carbocycles. The summed E-state index contributed by atoms with van der Waals surface area (Å²) in [5.74, 6) is 0. The zero-order valence-corrected chi connectivity index (χ0v) is 17.9. The fourth-order valence-corrected chi connectivity index (χ4v) is 2.56. The molecule has 0 heterocycles. The number of hydrogen-bond acceptors (Lipinski definition) is 0. The van der Waals surface area contributed by atoms with Crippen LogP contribution in [0.5, 0.6) is 0 Å². The Bertz CT molecular complexity index is 697. The first-order valence-corrected chi connectivity index (χ1v) is 6.81. The van der Waals surface area contributed by atoms with Gasteiger partial charge in [-0.3, -0.25) is 0 Å². The van der Waals surface area contributed by atoms with Crippen molar-refractivity contribution in [2.24, 2.45) is 0 Å². The molecule has 3 aromatic carbocycles. The summed E-state index contributed by atoms with van der Waals surface area (Å²) >= 11 is 0. The predicted molar refractivity (Wildman–Crippen MR) is 96.5 cm³/mol. The Morgan fingerprint density at radius 3 is 2.05 bits per heavy atom. The zero-order valence-electron chi connectivity index (χ0n) is 14.3. The van der Waals surface area contributed by atoms with Gasteiger partial charge in [0, 0.05) is 25.8 Å². The molecule has 0 aliphatic rings. The monoisotopic (exact) mass is 457 g/mol. The van der Waals surface area contributed by atoms with Gasteiger partial charge in [0.1, 0.15) is 0 Å². The zero-order chi connectivity index (χ0) is 13.5. The van der Waals surface area contributed by atoms with Crippen LogP contribution in [0.25, 0.3) is 21.9 Å². The number of benzene rings is 2. The van der Waals surface area contributed by atoms with Gasteiger partial charge in [-0.25, -0.2) is 0 Å². The second kappa shape index (κ2) is 7.97. The van der Waals surface area contributed by atoms with E-state index >= 15 is 0 Å². The summed E-state index contributed by atoms with van der Waals surface area (Å²) in [6, 6.07) is 22.0.